The second-order valence-corrected chi connectivity index (χ2v) is 10.2. The third kappa shape index (κ3) is 4.91. The van der Waals surface area contributed by atoms with Gasteiger partial charge in [-0.2, -0.15) is 13.2 Å². The number of H-pyrrole nitrogens is 1. The molecular weight excluding hydrogens is 537 g/mol. The van der Waals surface area contributed by atoms with E-state index < -0.39 is 11.7 Å². The van der Waals surface area contributed by atoms with Gasteiger partial charge in [0.05, 0.1) is 18.7 Å². The number of rotatable bonds is 6. The Morgan fingerprint density at radius 2 is 1.70 bits per heavy atom. The van der Waals surface area contributed by atoms with Gasteiger partial charge in [-0.3, -0.25) is 0 Å². The zero-order chi connectivity index (χ0) is 27.9. The Balaban J connectivity index is 1.32. The molecule has 2 atom stereocenters. The molecule has 0 unspecified atom stereocenters. The molecule has 1 aromatic heterocycles. The minimum Gasteiger partial charge on any atom is -0.493 e. The second kappa shape index (κ2) is 10.6. The zero-order valence-electron chi connectivity index (χ0n) is 21.6. The lowest BCUT2D eigenvalue weighted by molar-refractivity contribution is -0.137. The van der Waals surface area contributed by atoms with Gasteiger partial charge in [0.2, 0.25) is 0 Å². The van der Waals surface area contributed by atoms with E-state index in [-0.39, 0.29) is 18.6 Å². The van der Waals surface area contributed by atoms with Crippen molar-refractivity contribution in [2.24, 2.45) is 0 Å². The highest BCUT2D eigenvalue weighted by atomic mass is 35.5. The Hall–Kier alpha value is -3.94. The maximum absolute atomic E-state index is 13.1. The van der Waals surface area contributed by atoms with Gasteiger partial charge in [-0.05, 0) is 58.7 Å². The van der Waals surface area contributed by atoms with Crippen LogP contribution >= 0.6 is 11.6 Å². The van der Waals surface area contributed by atoms with Crippen molar-refractivity contribution in [3.05, 3.63) is 130 Å². The number of nitrogens with one attached hydrogen (secondary N) is 2. The fourth-order valence-electron chi connectivity index (χ4n) is 5.52. The van der Waals surface area contributed by atoms with Gasteiger partial charge in [0.15, 0.2) is 11.5 Å². The summed E-state index contributed by atoms with van der Waals surface area (Å²) in [7, 11) is 1.55. The molecule has 0 aliphatic carbocycles. The van der Waals surface area contributed by atoms with E-state index in [0.29, 0.717) is 23.6 Å². The molecule has 0 amide bonds. The Kier molecular flexibility index (Phi) is 6.94. The van der Waals surface area contributed by atoms with E-state index in [1.165, 1.54) is 11.6 Å². The first-order chi connectivity index (χ1) is 19.3. The Bertz CT molecular complexity index is 1680. The average molecular weight is 563 g/mol. The van der Waals surface area contributed by atoms with Gasteiger partial charge in [0, 0.05) is 34.1 Å². The molecule has 1 aliphatic heterocycles. The quantitative estimate of drug-likeness (QED) is 0.219. The molecule has 2 N–H and O–H groups in total. The SMILES string of the molecule is COc1cc([C@H]2NC[C@@H](c3ccccc3Cl)c3c2[nH]c2ccccc32)ccc1OCc1cccc(C(F)(F)F)c1. The van der Waals surface area contributed by atoms with Gasteiger partial charge in [-0.1, -0.05) is 66.2 Å². The molecule has 0 saturated carbocycles. The van der Waals surface area contributed by atoms with Crippen molar-refractivity contribution in [1.82, 2.24) is 10.3 Å². The fourth-order valence-corrected chi connectivity index (χ4v) is 5.78. The Morgan fingerprint density at radius 1 is 0.900 bits per heavy atom. The van der Waals surface area contributed by atoms with Crippen LogP contribution in [0.3, 0.4) is 0 Å². The number of aromatic nitrogens is 1. The van der Waals surface area contributed by atoms with Crippen molar-refractivity contribution in [3.8, 4) is 11.5 Å². The normalized spacial score (nSPS) is 17.0. The van der Waals surface area contributed by atoms with Crippen molar-refractivity contribution in [2.45, 2.75) is 24.7 Å². The second-order valence-electron chi connectivity index (χ2n) is 9.81. The van der Waals surface area contributed by atoms with Crippen LogP contribution in [0.4, 0.5) is 13.2 Å². The predicted molar refractivity (Wildman–Crippen MR) is 150 cm³/mol. The van der Waals surface area contributed by atoms with E-state index in [4.69, 9.17) is 21.1 Å². The summed E-state index contributed by atoms with van der Waals surface area (Å²) in [6.45, 7) is 0.659. The lowest BCUT2D eigenvalue weighted by Crippen LogP contribution is -2.34. The number of halogens is 4. The maximum Gasteiger partial charge on any atom is 0.416 e. The first kappa shape index (κ1) is 26.3. The summed E-state index contributed by atoms with van der Waals surface area (Å²) in [4.78, 5) is 3.63. The summed E-state index contributed by atoms with van der Waals surface area (Å²) in [6.07, 6.45) is -4.41. The molecule has 8 heteroatoms. The van der Waals surface area contributed by atoms with E-state index in [9.17, 15) is 13.2 Å². The number of benzene rings is 4. The predicted octanol–water partition coefficient (Wildman–Crippen LogP) is 8.25. The molecule has 4 nitrogen and oxygen atoms in total. The first-order valence-electron chi connectivity index (χ1n) is 12.9. The van der Waals surface area contributed by atoms with Crippen LogP contribution in [0.2, 0.25) is 5.02 Å². The van der Waals surface area contributed by atoms with E-state index in [1.54, 1.807) is 19.2 Å². The summed E-state index contributed by atoms with van der Waals surface area (Å²) >= 11 is 6.63. The van der Waals surface area contributed by atoms with Gasteiger partial charge in [-0.15, -0.1) is 0 Å². The van der Waals surface area contributed by atoms with E-state index in [0.717, 1.165) is 44.9 Å². The van der Waals surface area contributed by atoms with E-state index in [1.807, 2.05) is 42.5 Å². The average Bonchev–Trinajstić information content (AvgIpc) is 3.35. The smallest absolute Gasteiger partial charge is 0.416 e. The van der Waals surface area contributed by atoms with Gasteiger partial charge >= 0.3 is 6.18 Å². The van der Waals surface area contributed by atoms with Gasteiger partial charge in [-0.25, -0.2) is 0 Å². The number of fused-ring (bicyclic) bond motifs is 3. The van der Waals surface area contributed by atoms with Gasteiger partial charge < -0.3 is 19.8 Å². The minimum atomic E-state index is -4.41. The molecule has 6 rings (SSSR count). The largest absolute Gasteiger partial charge is 0.493 e. The summed E-state index contributed by atoms with van der Waals surface area (Å²) in [5.74, 6) is 1.01. The third-order valence-electron chi connectivity index (χ3n) is 7.39. The number of aromatic amines is 1. The van der Waals surface area contributed by atoms with Crippen LogP contribution in [0.25, 0.3) is 10.9 Å². The van der Waals surface area contributed by atoms with Crippen LogP contribution in [0, 0.1) is 0 Å². The fraction of sp³-hybridized carbons (Fsp3) is 0.188. The topological polar surface area (TPSA) is 46.3 Å². The van der Waals surface area contributed by atoms with Crippen molar-refractivity contribution >= 4 is 22.5 Å². The van der Waals surface area contributed by atoms with Gasteiger partial charge in [0.1, 0.15) is 6.61 Å². The van der Waals surface area contributed by atoms with Crippen molar-refractivity contribution in [2.75, 3.05) is 13.7 Å². The number of hydrogen-bond acceptors (Lipinski definition) is 3. The molecule has 0 radical (unpaired) electrons. The minimum absolute atomic E-state index is 0.0208. The van der Waals surface area contributed by atoms with Crippen molar-refractivity contribution in [1.29, 1.82) is 0 Å². The molecule has 0 spiro atoms. The summed E-state index contributed by atoms with van der Waals surface area (Å²) in [6, 6.07) is 26.8. The molecule has 4 aromatic carbocycles. The highest BCUT2D eigenvalue weighted by molar-refractivity contribution is 6.31. The molecule has 5 aromatic rings. The monoisotopic (exact) mass is 562 g/mol. The van der Waals surface area contributed by atoms with Crippen LogP contribution in [0.1, 0.15) is 45.5 Å². The van der Waals surface area contributed by atoms with E-state index in [2.05, 4.69) is 28.5 Å². The number of methoxy groups -OCH3 is 1. The third-order valence-corrected chi connectivity index (χ3v) is 7.73. The van der Waals surface area contributed by atoms with Crippen molar-refractivity contribution < 1.29 is 22.6 Å². The molecule has 0 fully saturated rings. The number of ether oxygens (including phenoxy) is 2. The molecule has 0 bridgehead atoms. The molecular formula is C32H26ClF3N2O2. The summed E-state index contributed by atoms with van der Waals surface area (Å²) < 4.78 is 50.9. The lowest BCUT2D eigenvalue weighted by atomic mass is 9.83. The Morgan fingerprint density at radius 3 is 2.50 bits per heavy atom. The Labute approximate surface area is 234 Å². The van der Waals surface area contributed by atoms with Crippen molar-refractivity contribution in [3.63, 3.8) is 0 Å². The first-order valence-corrected chi connectivity index (χ1v) is 13.3. The summed E-state index contributed by atoms with van der Waals surface area (Å²) in [5, 5.41) is 5.57. The van der Waals surface area contributed by atoms with Crippen LogP contribution < -0.4 is 14.8 Å². The van der Waals surface area contributed by atoms with E-state index >= 15 is 0 Å². The lowest BCUT2D eigenvalue weighted by Gasteiger charge is -2.32. The molecule has 1 aliphatic rings. The number of alkyl halides is 3. The molecule has 40 heavy (non-hydrogen) atoms. The van der Waals surface area contributed by atoms with Crippen LogP contribution in [0.5, 0.6) is 11.5 Å². The van der Waals surface area contributed by atoms with Crippen LogP contribution in [0.15, 0.2) is 91.0 Å². The highest BCUT2D eigenvalue weighted by Crippen LogP contribution is 2.44. The zero-order valence-corrected chi connectivity index (χ0v) is 22.3. The standard InChI is InChI=1S/C32H26ClF3N2O2/c1-39-28-16-20(13-14-27(28)40-18-19-7-6-8-21(15-19)32(34,35)36)30-31-29(23-10-3-5-12-26(23)38-31)24(17-37-30)22-9-2-4-11-25(22)33/h2-16,24,30,37-38H,17-18H2,1H3/t24-,30+/m0/s1. The molecule has 2 heterocycles. The number of para-hydroxylation sites is 1. The highest BCUT2D eigenvalue weighted by Gasteiger charge is 2.34. The molecule has 204 valence electrons. The van der Waals surface area contributed by atoms with Crippen LogP contribution in [-0.4, -0.2) is 18.6 Å². The molecule has 0 saturated heterocycles. The van der Waals surface area contributed by atoms with Gasteiger partial charge in [0.25, 0.3) is 0 Å². The maximum atomic E-state index is 13.1. The number of hydrogen-bond donors (Lipinski definition) is 2. The van der Waals surface area contributed by atoms with Crippen LogP contribution in [-0.2, 0) is 12.8 Å². The summed E-state index contributed by atoms with van der Waals surface area (Å²) in [5.41, 5.74) is 5.05.